The quantitative estimate of drug-likeness (QED) is 0.397. The minimum Gasteiger partial charge on any atom is -0.472 e. The van der Waals surface area contributed by atoms with E-state index in [0.29, 0.717) is 29.7 Å². The van der Waals surface area contributed by atoms with Crippen molar-refractivity contribution >= 4 is 51.8 Å². The van der Waals surface area contributed by atoms with Gasteiger partial charge in [-0.25, -0.2) is 14.2 Å². The highest BCUT2D eigenvalue weighted by atomic mass is 35.5. The van der Waals surface area contributed by atoms with Crippen LogP contribution in [-0.2, 0) is 9.53 Å². The topological polar surface area (TPSA) is 117 Å². The van der Waals surface area contributed by atoms with Gasteiger partial charge >= 0.3 is 6.09 Å². The largest absolute Gasteiger partial charge is 0.472 e. The average Bonchev–Trinajstić information content (AvgIpc) is 3.05. The number of aryl methyl sites for hydroxylation is 1. The third-order valence-electron chi connectivity index (χ3n) is 8.04. The maximum absolute atomic E-state index is 15.7. The van der Waals surface area contributed by atoms with Gasteiger partial charge < -0.3 is 24.8 Å². The number of nitrogens with one attached hydrogen (secondary N) is 1. The van der Waals surface area contributed by atoms with Crippen molar-refractivity contribution in [1.29, 1.82) is 0 Å². The molecule has 3 aliphatic heterocycles. The molecule has 0 radical (unpaired) electrons. The van der Waals surface area contributed by atoms with Crippen molar-refractivity contribution in [3.8, 4) is 5.88 Å². The number of rotatable bonds is 4. The number of hydrogen-bond acceptors (Lipinski definition) is 8. The summed E-state index contributed by atoms with van der Waals surface area (Å²) < 4.78 is 27.9. The van der Waals surface area contributed by atoms with E-state index in [-0.39, 0.29) is 40.1 Å². The zero-order valence-corrected chi connectivity index (χ0v) is 24.9. The maximum Gasteiger partial charge on any atom is 0.411 e. The average molecular weight is 599 g/mol. The Balaban J connectivity index is 1.72. The maximum atomic E-state index is 15.7. The summed E-state index contributed by atoms with van der Waals surface area (Å²) in [6.45, 7) is 10.9. The number of carbonyl (C=O) groups excluding carboxylic acids is 2. The number of fused-ring (bicyclic) bond motifs is 5. The Bertz CT molecular complexity index is 1390. The van der Waals surface area contributed by atoms with Crippen LogP contribution < -0.4 is 15.0 Å². The van der Waals surface area contributed by atoms with E-state index in [0.717, 1.165) is 6.42 Å². The molecule has 5 heterocycles. The van der Waals surface area contributed by atoms with Crippen LogP contribution in [0.25, 0.3) is 10.8 Å². The molecule has 5 rings (SSSR count). The molecule has 2 aromatic heterocycles. The molecule has 2 saturated heterocycles. The number of halogens is 3. The van der Waals surface area contributed by atoms with Crippen LogP contribution >= 0.6 is 23.2 Å². The molecule has 40 heavy (non-hydrogen) atoms. The van der Waals surface area contributed by atoms with E-state index >= 15 is 4.39 Å². The fraction of sp³-hybridized carbons (Fsp3) is 0.630. The van der Waals surface area contributed by atoms with Crippen LogP contribution in [0.2, 0.25) is 5.15 Å². The number of ether oxygens (including phenoxy) is 2. The van der Waals surface area contributed by atoms with Crippen LogP contribution in [0.3, 0.4) is 0 Å². The molecule has 10 nitrogen and oxygen atoms in total. The Morgan fingerprint density at radius 2 is 2.02 bits per heavy atom. The van der Waals surface area contributed by atoms with E-state index in [1.807, 2.05) is 39.5 Å². The van der Waals surface area contributed by atoms with Crippen LogP contribution in [0.15, 0.2) is 0 Å². The van der Waals surface area contributed by atoms with Gasteiger partial charge in [-0.1, -0.05) is 11.6 Å². The van der Waals surface area contributed by atoms with Crippen molar-refractivity contribution in [2.24, 2.45) is 0 Å². The lowest BCUT2D eigenvalue weighted by Gasteiger charge is -2.52. The SMILES string of the molecule is Cc1c(C(CO)NC(=O)CCl)nc2c3c(nc(Cl)c(F)c13)O[C@@H](C)[C@@H]1[C@@H]3CC[C@](C)(CN21)N3C(=O)OC(C)(C)C. The predicted octanol–water partition coefficient (Wildman–Crippen LogP) is 4.25. The first-order valence-electron chi connectivity index (χ1n) is 13.3. The Morgan fingerprint density at radius 1 is 1.32 bits per heavy atom. The number of nitrogens with zero attached hydrogens (tertiary/aromatic N) is 4. The van der Waals surface area contributed by atoms with Crippen LogP contribution in [0.4, 0.5) is 15.0 Å². The van der Waals surface area contributed by atoms with Crippen molar-refractivity contribution in [2.75, 3.05) is 23.9 Å². The van der Waals surface area contributed by atoms with E-state index in [1.165, 1.54) is 0 Å². The summed E-state index contributed by atoms with van der Waals surface area (Å²) in [5, 5.41) is 13.0. The number of aliphatic hydroxyl groups excluding tert-OH is 1. The second-order valence-electron chi connectivity index (χ2n) is 12.0. The van der Waals surface area contributed by atoms with Crippen molar-refractivity contribution < 1.29 is 28.6 Å². The van der Waals surface area contributed by atoms with Gasteiger partial charge in [0, 0.05) is 11.9 Å². The molecular formula is C27H34Cl2FN5O5. The summed E-state index contributed by atoms with van der Waals surface area (Å²) in [7, 11) is 0. The Morgan fingerprint density at radius 3 is 2.65 bits per heavy atom. The predicted molar refractivity (Wildman–Crippen MR) is 149 cm³/mol. The van der Waals surface area contributed by atoms with Crippen LogP contribution in [0.1, 0.15) is 64.8 Å². The van der Waals surface area contributed by atoms with Gasteiger partial charge in [-0.3, -0.25) is 9.69 Å². The van der Waals surface area contributed by atoms with E-state index in [1.54, 1.807) is 6.92 Å². The summed E-state index contributed by atoms with van der Waals surface area (Å²) in [5.74, 6) is -1.04. The van der Waals surface area contributed by atoms with Crippen molar-refractivity contribution in [2.45, 2.75) is 89.8 Å². The number of pyridine rings is 2. The second kappa shape index (κ2) is 10.0. The van der Waals surface area contributed by atoms with Gasteiger partial charge in [-0.05, 0) is 59.9 Å². The number of amides is 2. The van der Waals surface area contributed by atoms with Gasteiger partial charge in [0.05, 0.1) is 41.4 Å². The number of aliphatic hydroxyl groups is 1. The lowest BCUT2D eigenvalue weighted by molar-refractivity contribution is -0.119. The van der Waals surface area contributed by atoms with Gasteiger partial charge in [0.15, 0.2) is 11.0 Å². The van der Waals surface area contributed by atoms with Crippen LogP contribution in [0.5, 0.6) is 5.88 Å². The molecule has 0 aliphatic carbocycles. The van der Waals surface area contributed by atoms with Gasteiger partial charge in [0.1, 0.15) is 23.4 Å². The standard InChI is InChI=1S/C27H34Cl2FN5O5/c1-12-17-18-23(32-20(12)14(10-36)31-16(37)9-28)34-11-27(6)8-7-15(35(27)25(38)40-26(3,4)5)21(34)13(2)39-24(18)33-22(29)19(17)30/h13-15,21,36H,7-11H2,1-6H3,(H,31,37)/t13-,14?,15-,21+,27+/m0/s1. The molecule has 3 aliphatic rings. The number of anilines is 1. The summed E-state index contributed by atoms with van der Waals surface area (Å²) >= 11 is 12.0. The Labute approximate surface area is 242 Å². The molecule has 0 saturated carbocycles. The fourth-order valence-corrected chi connectivity index (χ4v) is 6.73. The van der Waals surface area contributed by atoms with Crippen LogP contribution in [0, 0.1) is 12.7 Å². The monoisotopic (exact) mass is 597 g/mol. The second-order valence-corrected chi connectivity index (χ2v) is 12.7. The lowest BCUT2D eigenvalue weighted by atomic mass is 9.93. The minimum atomic E-state index is -0.947. The normalized spacial score (nSPS) is 26.2. The summed E-state index contributed by atoms with van der Waals surface area (Å²) in [5.41, 5.74) is -0.618. The zero-order chi connectivity index (χ0) is 29.3. The summed E-state index contributed by atoms with van der Waals surface area (Å²) in [6.07, 6.45) is 0.544. The highest BCUT2D eigenvalue weighted by Gasteiger charge is 2.59. The van der Waals surface area contributed by atoms with Crippen molar-refractivity contribution in [3.05, 3.63) is 22.2 Å². The zero-order valence-electron chi connectivity index (χ0n) is 23.3. The molecule has 2 N–H and O–H groups in total. The van der Waals surface area contributed by atoms with Crippen LogP contribution in [-0.4, -0.2) is 80.3 Å². The van der Waals surface area contributed by atoms with E-state index < -0.39 is 47.7 Å². The first-order chi connectivity index (χ1) is 18.7. The lowest BCUT2D eigenvalue weighted by Crippen LogP contribution is -2.69. The molecular weight excluding hydrogens is 564 g/mol. The third-order valence-corrected chi connectivity index (χ3v) is 8.53. The molecule has 2 aromatic rings. The van der Waals surface area contributed by atoms with Gasteiger partial charge in [-0.2, -0.15) is 4.98 Å². The molecule has 0 spiro atoms. The van der Waals surface area contributed by atoms with E-state index in [2.05, 4.69) is 15.2 Å². The van der Waals surface area contributed by atoms with E-state index in [9.17, 15) is 14.7 Å². The fourth-order valence-electron chi connectivity index (χ4n) is 6.48. The number of carbonyl (C=O) groups is 2. The third kappa shape index (κ3) is 4.59. The molecule has 2 amide bonds. The minimum absolute atomic E-state index is 0.135. The molecule has 5 atom stereocenters. The first kappa shape index (κ1) is 28.9. The number of piperazine rings is 1. The molecule has 218 valence electrons. The molecule has 0 aromatic carbocycles. The molecule has 2 fully saturated rings. The van der Waals surface area contributed by atoms with E-state index in [4.69, 9.17) is 37.7 Å². The first-order valence-corrected chi connectivity index (χ1v) is 14.2. The van der Waals surface area contributed by atoms with Crippen molar-refractivity contribution in [1.82, 2.24) is 20.2 Å². The smallest absolute Gasteiger partial charge is 0.411 e. The molecule has 1 unspecified atom stereocenters. The Hall–Kier alpha value is -2.63. The molecule has 2 bridgehead atoms. The van der Waals surface area contributed by atoms with Crippen molar-refractivity contribution in [3.63, 3.8) is 0 Å². The highest BCUT2D eigenvalue weighted by molar-refractivity contribution is 6.30. The summed E-state index contributed by atoms with van der Waals surface area (Å²) in [4.78, 5) is 38.7. The Kier molecular flexibility index (Phi) is 7.24. The summed E-state index contributed by atoms with van der Waals surface area (Å²) in [6, 6.07) is -1.61. The number of alkyl halides is 1. The highest BCUT2D eigenvalue weighted by Crippen LogP contribution is 2.50. The van der Waals surface area contributed by atoms with Gasteiger partial charge in [-0.15, -0.1) is 11.6 Å². The van der Waals surface area contributed by atoms with Gasteiger partial charge in [0.25, 0.3) is 0 Å². The number of aromatic nitrogens is 2. The molecule has 13 heteroatoms. The van der Waals surface area contributed by atoms with Gasteiger partial charge in [0.2, 0.25) is 11.8 Å². The number of hydrogen-bond donors (Lipinski definition) is 2.